The fraction of sp³-hybridized carbons (Fsp3) is 0.235. The third-order valence-corrected chi connectivity index (χ3v) is 3.94. The van der Waals surface area contributed by atoms with E-state index in [1.165, 1.54) is 0 Å². The van der Waals surface area contributed by atoms with Crippen LogP contribution in [-0.2, 0) is 11.3 Å². The van der Waals surface area contributed by atoms with Crippen LogP contribution in [-0.4, -0.2) is 38.7 Å². The highest BCUT2D eigenvalue weighted by molar-refractivity contribution is 5.93. The van der Waals surface area contributed by atoms with Crippen LogP contribution in [0.2, 0.25) is 0 Å². The van der Waals surface area contributed by atoms with Crippen molar-refractivity contribution >= 4 is 21.9 Å². The van der Waals surface area contributed by atoms with E-state index in [-0.39, 0.29) is 0 Å². The van der Waals surface area contributed by atoms with Crippen molar-refractivity contribution in [2.24, 2.45) is 0 Å². The molecule has 0 radical (unpaired) electrons. The number of rotatable bonds is 4. The molecule has 3 aromatic heterocycles. The molecule has 6 nitrogen and oxygen atoms in total. The van der Waals surface area contributed by atoms with E-state index >= 15 is 0 Å². The number of nitrogens with zero attached hydrogens (tertiary/aromatic N) is 4. The Labute approximate surface area is 133 Å². The number of pyridine rings is 1. The summed E-state index contributed by atoms with van der Waals surface area (Å²) in [5.74, 6) is 0. The molecule has 0 aliphatic carbocycles. The van der Waals surface area contributed by atoms with Gasteiger partial charge in [0.1, 0.15) is 11.0 Å². The van der Waals surface area contributed by atoms with Crippen molar-refractivity contribution in [3.8, 4) is 11.3 Å². The lowest BCUT2D eigenvalue weighted by Crippen LogP contribution is -2.07. The molecule has 0 amide bonds. The maximum Gasteiger partial charge on any atom is 0.117 e. The molecule has 0 saturated heterocycles. The molecule has 4 rings (SSSR count). The van der Waals surface area contributed by atoms with E-state index in [0.717, 1.165) is 38.9 Å². The zero-order chi connectivity index (χ0) is 15.8. The number of fused-ring (bicyclic) bond motifs is 2. The number of aromatic nitrogens is 5. The minimum Gasteiger partial charge on any atom is -0.383 e. The van der Waals surface area contributed by atoms with E-state index < -0.39 is 0 Å². The molecule has 0 atom stereocenters. The first-order chi connectivity index (χ1) is 11.3. The highest BCUT2D eigenvalue weighted by Gasteiger charge is 2.15. The zero-order valence-corrected chi connectivity index (χ0v) is 13.1. The molecule has 0 bridgehead atoms. The maximum absolute atomic E-state index is 5.22. The standard InChI is InChI=1S/C17H17N5O/c1-11-3-5-15-16(19-11)17(22(21-15)7-8-23-2)12-4-6-14-13(9-12)10-18-20-14/h3-6,9-10H,7-8H2,1-2H3,(H,18,20). The normalized spacial score (nSPS) is 11.6. The summed E-state index contributed by atoms with van der Waals surface area (Å²) in [4.78, 5) is 4.70. The van der Waals surface area contributed by atoms with Gasteiger partial charge in [-0.15, -0.1) is 0 Å². The third-order valence-electron chi connectivity index (χ3n) is 3.94. The smallest absolute Gasteiger partial charge is 0.117 e. The highest BCUT2D eigenvalue weighted by atomic mass is 16.5. The molecule has 0 unspecified atom stereocenters. The summed E-state index contributed by atoms with van der Waals surface area (Å²) in [5, 5.41) is 12.8. The molecule has 3 heterocycles. The lowest BCUT2D eigenvalue weighted by atomic mass is 10.1. The van der Waals surface area contributed by atoms with Gasteiger partial charge in [-0.25, -0.2) is 4.98 Å². The van der Waals surface area contributed by atoms with Crippen LogP contribution >= 0.6 is 0 Å². The zero-order valence-electron chi connectivity index (χ0n) is 13.1. The number of hydrogen-bond acceptors (Lipinski definition) is 4. The van der Waals surface area contributed by atoms with Gasteiger partial charge in [-0.05, 0) is 31.2 Å². The number of aryl methyl sites for hydroxylation is 1. The van der Waals surface area contributed by atoms with Crippen molar-refractivity contribution in [3.63, 3.8) is 0 Å². The molecule has 116 valence electrons. The molecule has 0 aliphatic rings. The summed E-state index contributed by atoms with van der Waals surface area (Å²) in [6.45, 7) is 3.29. The van der Waals surface area contributed by atoms with Crippen LogP contribution in [0.15, 0.2) is 36.5 Å². The number of methoxy groups -OCH3 is 1. The second-order valence-electron chi connectivity index (χ2n) is 5.56. The molecule has 0 aliphatic heterocycles. The fourth-order valence-corrected chi connectivity index (χ4v) is 2.82. The molecule has 0 fully saturated rings. The molecule has 4 aromatic rings. The maximum atomic E-state index is 5.22. The Morgan fingerprint density at radius 3 is 3.00 bits per heavy atom. The van der Waals surface area contributed by atoms with Crippen LogP contribution in [0.1, 0.15) is 5.69 Å². The Bertz CT molecular complexity index is 985. The molecule has 0 spiro atoms. The molecule has 0 saturated carbocycles. The van der Waals surface area contributed by atoms with Crippen molar-refractivity contribution in [2.45, 2.75) is 13.5 Å². The van der Waals surface area contributed by atoms with Crippen molar-refractivity contribution in [1.82, 2.24) is 25.0 Å². The van der Waals surface area contributed by atoms with Crippen LogP contribution in [0.25, 0.3) is 33.2 Å². The lowest BCUT2D eigenvalue weighted by molar-refractivity contribution is 0.184. The Hall–Kier alpha value is -2.73. The average molecular weight is 307 g/mol. The number of H-pyrrole nitrogens is 1. The fourth-order valence-electron chi connectivity index (χ4n) is 2.82. The number of aromatic amines is 1. The first-order valence-electron chi connectivity index (χ1n) is 7.53. The average Bonchev–Trinajstić information content (AvgIpc) is 3.15. The minimum absolute atomic E-state index is 0.605. The number of nitrogens with one attached hydrogen (secondary N) is 1. The predicted octanol–water partition coefficient (Wildman–Crippen LogP) is 2.93. The van der Waals surface area contributed by atoms with Gasteiger partial charge in [-0.1, -0.05) is 6.07 Å². The second-order valence-corrected chi connectivity index (χ2v) is 5.56. The SMILES string of the molecule is COCCn1nc2ccc(C)nc2c1-c1ccc2[nH]ncc2c1. The van der Waals surface area contributed by atoms with E-state index in [1.54, 1.807) is 7.11 Å². The first-order valence-corrected chi connectivity index (χ1v) is 7.53. The van der Waals surface area contributed by atoms with Crippen molar-refractivity contribution in [3.05, 3.63) is 42.2 Å². The molecule has 1 aromatic carbocycles. The Kier molecular flexibility index (Phi) is 3.31. The number of benzene rings is 1. The van der Waals surface area contributed by atoms with Gasteiger partial charge >= 0.3 is 0 Å². The Morgan fingerprint density at radius 1 is 1.22 bits per heavy atom. The van der Waals surface area contributed by atoms with Crippen molar-refractivity contribution in [2.75, 3.05) is 13.7 Å². The number of hydrogen-bond donors (Lipinski definition) is 1. The quantitative estimate of drug-likeness (QED) is 0.629. The molecular formula is C17H17N5O. The lowest BCUT2D eigenvalue weighted by Gasteiger charge is -2.07. The molecule has 6 heteroatoms. The van der Waals surface area contributed by atoms with Crippen LogP contribution in [0, 0.1) is 6.92 Å². The highest BCUT2D eigenvalue weighted by Crippen LogP contribution is 2.29. The Balaban J connectivity index is 1.96. The van der Waals surface area contributed by atoms with Gasteiger partial charge in [0, 0.05) is 23.8 Å². The predicted molar refractivity (Wildman–Crippen MR) is 89.2 cm³/mol. The summed E-state index contributed by atoms with van der Waals surface area (Å²) < 4.78 is 7.19. The van der Waals surface area contributed by atoms with E-state index in [4.69, 9.17) is 9.72 Å². The van der Waals surface area contributed by atoms with E-state index in [9.17, 15) is 0 Å². The molecule has 23 heavy (non-hydrogen) atoms. The third kappa shape index (κ3) is 2.37. The summed E-state index contributed by atoms with van der Waals surface area (Å²) in [5.41, 5.74) is 5.91. The van der Waals surface area contributed by atoms with Gasteiger partial charge in [0.2, 0.25) is 0 Å². The van der Waals surface area contributed by atoms with Gasteiger partial charge in [-0.3, -0.25) is 9.78 Å². The van der Waals surface area contributed by atoms with Gasteiger partial charge in [0.05, 0.1) is 30.6 Å². The monoisotopic (exact) mass is 307 g/mol. The summed E-state index contributed by atoms with van der Waals surface area (Å²) in [6, 6.07) is 10.2. The van der Waals surface area contributed by atoms with E-state index in [0.29, 0.717) is 13.2 Å². The van der Waals surface area contributed by atoms with Crippen molar-refractivity contribution in [1.29, 1.82) is 0 Å². The summed E-state index contributed by atoms with van der Waals surface area (Å²) in [6.07, 6.45) is 1.83. The second kappa shape index (κ2) is 5.48. The van der Waals surface area contributed by atoms with Crippen LogP contribution in [0.4, 0.5) is 0 Å². The largest absolute Gasteiger partial charge is 0.383 e. The molecular weight excluding hydrogens is 290 g/mol. The topological polar surface area (TPSA) is 68.6 Å². The van der Waals surface area contributed by atoms with Gasteiger partial charge in [0.25, 0.3) is 0 Å². The van der Waals surface area contributed by atoms with E-state index in [2.05, 4.69) is 27.4 Å². The Morgan fingerprint density at radius 2 is 2.13 bits per heavy atom. The van der Waals surface area contributed by atoms with Gasteiger partial charge < -0.3 is 4.74 Å². The van der Waals surface area contributed by atoms with Gasteiger partial charge in [0.15, 0.2) is 0 Å². The van der Waals surface area contributed by atoms with Crippen LogP contribution in [0.5, 0.6) is 0 Å². The van der Waals surface area contributed by atoms with Crippen molar-refractivity contribution < 1.29 is 4.74 Å². The molecule has 1 N–H and O–H groups in total. The van der Waals surface area contributed by atoms with Gasteiger partial charge in [-0.2, -0.15) is 10.2 Å². The summed E-state index contributed by atoms with van der Waals surface area (Å²) >= 11 is 0. The summed E-state index contributed by atoms with van der Waals surface area (Å²) in [7, 11) is 1.70. The first kappa shape index (κ1) is 13.9. The minimum atomic E-state index is 0.605. The number of ether oxygens (including phenoxy) is 1. The van der Waals surface area contributed by atoms with Crippen LogP contribution < -0.4 is 0 Å². The van der Waals surface area contributed by atoms with E-state index in [1.807, 2.05) is 36.0 Å². The van der Waals surface area contributed by atoms with Crippen LogP contribution in [0.3, 0.4) is 0 Å².